The lowest BCUT2D eigenvalue weighted by atomic mass is 9.48. The average molecular weight is 316 g/mol. The predicted octanol–water partition coefficient (Wildman–Crippen LogP) is 4.14. The Morgan fingerprint density at radius 2 is 2.09 bits per heavy atom. The first-order chi connectivity index (χ1) is 10.8. The number of carbonyl (C=O) groups excluding carboxylic acids is 1. The lowest BCUT2D eigenvalue weighted by Crippen LogP contribution is -2.48. The summed E-state index contributed by atoms with van der Waals surface area (Å²) in [6, 6.07) is 0. The number of hydrogen-bond acceptors (Lipinski definition) is 3. The van der Waals surface area contributed by atoms with E-state index in [4.69, 9.17) is 4.74 Å². The predicted molar refractivity (Wildman–Crippen MR) is 90.4 cm³/mol. The molecule has 0 saturated heterocycles. The third-order valence-corrected chi connectivity index (χ3v) is 6.92. The van der Waals surface area contributed by atoms with Crippen LogP contribution < -0.4 is 0 Å². The van der Waals surface area contributed by atoms with E-state index in [0.717, 1.165) is 6.42 Å². The van der Waals surface area contributed by atoms with Gasteiger partial charge in [-0.3, -0.25) is 0 Å². The zero-order valence-electron chi connectivity index (χ0n) is 14.6. The molecule has 1 aliphatic heterocycles. The van der Waals surface area contributed by atoms with Crippen molar-refractivity contribution in [2.75, 3.05) is 0 Å². The van der Waals surface area contributed by atoms with Crippen LogP contribution in [0.5, 0.6) is 0 Å². The molecular formula is C20H28O3. The van der Waals surface area contributed by atoms with Gasteiger partial charge in [0.05, 0.1) is 0 Å². The van der Waals surface area contributed by atoms with E-state index < -0.39 is 12.3 Å². The molecule has 1 N–H and O–H groups in total. The average Bonchev–Trinajstić information content (AvgIpc) is 2.82. The molecule has 1 heterocycles. The first-order valence-electron chi connectivity index (χ1n) is 8.74. The monoisotopic (exact) mass is 316 g/mol. The summed E-state index contributed by atoms with van der Waals surface area (Å²) in [5.74, 6) is 0.717. The van der Waals surface area contributed by atoms with Crippen LogP contribution >= 0.6 is 0 Å². The molecule has 2 aliphatic carbocycles. The second-order valence-electron chi connectivity index (χ2n) is 8.01. The second-order valence-corrected chi connectivity index (χ2v) is 8.01. The molecule has 23 heavy (non-hydrogen) atoms. The maximum absolute atomic E-state index is 11.3. The highest BCUT2D eigenvalue weighted by Gasteiger charge is 2.52. The molecule has 3 nitrogen and oxygen atoms in total. The molecule has 3 aliphatic rings. The highest BCUT2D eigenvalue weighted by molar-refractivity contribution is 5.86. The van der Waals surface area contributed by atoms with Crippen molar-refractivity contribution in [2.24, 2.45) is 22.7 Å². The number of esters is 1. The van der Waals surface area contributed by atoms with Gasteiger partial charge >= 0.3 is 5.97 Å². The number of rotatable bonds is 2. The minimum absolute atomic E-state index is 0.0642. The summed E-state index contributed by atoms with van der Waals surface area (Å²) >= 11 is 0. The fraction of sp³-hybridized carbons (Fsp3) is 0.650. The van der Waals surface area contributed by atoms with Crippen LogP contribution in [0, 0.1) is 22.7 Å². The number of allylic oxidation sites excluding steroid dienone is 3. The molecule has 3 heteroatoms. The Balaban J connectivity index is 1.93. The van der Waals surface area contributed by atoms with E-state index in [1.165, 1.54) is 30.9 Å². The summed E-state index contributed by atoms with van der Waals surface area (Å²) in [6.07, 6.45) is 11.6. The molecule has 1 fully saturated rings. The molecular weight excluding hydrogens is 288 g/mol. The highest BCUT2D eigenvalue weighted by atomic mass is 16.6. The summed E-state index contributed by atoms with van der Waals surface area (Å²) in [4.78, 5) is 11.3. The standard InChI is InChI=1S/C20H28O3/c1-13-6-5-7-16-19(13,3)10-8-14(2)20(16,4)11-9-15-12-17(21)23-18(15)22/h6,9,11-12,14,16,18,22H,5,7-8,10H2,1-4H3/b11-9+/t14-,16+,18?,19+,20+/m1/s1. The molecule has 0 aromatic carbocycles. The van der Waals surface area contributed by atoms with E-state index in [2.05, 4.69) is 39.8 Å². The van der Waals surface area contributed by atoms with Crippen LogP contribution in [0.2, 0.25) is 0 Å². The zero-order chi connectivity index (χ0) is 16.8. The van der Waals surface area contributed by atoms with Crippen LogP contribution in [0.3, 0.4) is 0 Å². The molecule has 0 amide bonds. The zero-order valence-corrected chi connectivity index (χ0v) is 14.6. The van der Waals surface area contributed by atoms with E-state index in [9.17, 15) is 9.90 Å². The summed E-state index contributed by atoms with van der Waals surface area (Å²) in [5, 5.41) is 9.79. The summed E-state index contributed by atoms with van der Waals surface area (Å²) < 4.78 is 4.78. The normalized spacial score (nSPS) is 43.9. The molecule has 0 aromatic heterocycles. The maximum Gasteiger partial charge on any atom is 0.333 e. The van der Waals surface area contributed by atoms with Crippen molar-refractivity contribution in [1.82, 2.24) is 0 Å². The third kappa shape index (κ3) is 2.59. The number of cyclic esters (lactones) is 1. The molecule has 0 aromatic rings. The Morgan fingerprint density at radius 1 is 1.35 bits per heavy atom. The van der Waals surface area contributed by atoms with Crippen molar-refractivity contribution in [3.8, 4) is 0 Å². The maximum atomic E-state index is 11.3. The van der Waals surface area contributed by atoms with Gasteiger partial charge in [-0.05, 0) is 55.3 Å². The van der Waals surface area contributed by atoms with Crippen molar-refractivity contribution in [2.45, 2.75) is 59.7 Å². The van der Waals surface area contributed by atoms with Gasteiger partial charge in [0.25, 0.3) is 0 Å². The van der Waals surface area contributed by atoms with Gasteiger partial charge in [-0.25, -0.2) is 4.79 Å². The van der Waals surface area contributed by atoms with Gasteiger partial charge < -0.3 is 9.84 Å². The van der Waals surface area contributed by atoms with Gasteiger partial charge in [0.15, 0.2) is 0 Å². The van der Waals surface area contributed by atoms with E-state index in [1.54, 1.807) is 0 Å². The van der Waals surface area contributed by atoms with Crippen LogP contribution in [0.1, 0.15) is 53.4 Å². The molecule has 0 radical (unpaired) electrons. The van der Waals surface area contributed by atoms with E-state index in [-0.39, 0.29) is 10.8 Å². The van der Waals surface area contributed by atoms with Crippen molar-refractivity contribution in [1.29, 1.82) is 0 Å². The summed E-state index contributed by atoms with van der Waals surface area (Å²) in [5.41, 5.74) is 2.42. The molecule has 3 rings (SSSR count). The van der Waals surface area contributed by atoms with Gasteiger partial charge in [-0.2, -0.15) is 0 Å². The summed E-state index contributed by atoms with van der Waals surface area (Å²) in [6.45, 7) is 9.37. The Hall–Kier alpha value is -1.35. The molecule has 0 bridgehead atoms. The number of ether oxygens (including phenoxy) is 1. The Bertz CT molecular complexity index is 600. The largest absolute Gasteiger partial charge is 0.428 e. The van der Waals surface area contributed by atoms with E-state index >= 15 is 0 Å². The van der Waals surface area contributed by atoms with Gasteiger partial charge in [0, 0.05) is 11.6 Å². The minimum Gasteiger partial charge on any atom is -0.428 e. The smallest absolute Gasteiger partial charge is 0.333 e. The van der Waals surface area contributed by atoms with Crippen LogP contribution in [0.25, 0.3) is 0 Å². The topological polar surface area (TPSA) is 46.5 Å². The van der Waals surface area contributed by atoms with Gasteiger partial charge in [0.2, 0.25) is 6.29 Å². The number of aliphatic hydroxyl groups excluding tert-OH is 1. The van der Waals surface area contributed by atoms with Crippen LogP contribution in [0.4, 0.5) is 0 Å². The van der Waals surface area contributed by atoms with Gasteiger partial charge in [-0.15, -0.1) is 0 Å². The molecule has 126 valence electrons. The van der Waals surface area contributed by atoms with E-state index in [1.807, 2.05) is 6.08 Å². The third-order valence-electron chi connectivity index (χ3n) is 6.92. The van der Waals surface area contributed by atoms with Crippen molar-refractivity contribution in [3.63, 3.8) is 0 Å². The lowest BCUT2D eigenvalue weighted by Gasteiger charge is -2.57. The Kier molecular flexibility index (Phi) is 4.04. The Labute approximate surface area is 139 Å². The quantitative estimate of drug-likeness (QED) is 0.615. The first kappa shape index (κ1) is 16.5. The molecule has 5 atom stereocenters. The second kappa shape index (κ2) is 5.62. The number of fused-ring (bicyclic) bond motifs is 1. The summed E-state index contributed by atoms with van der Waals surface area (Å²) in [7, 11) is 0. The molecule has 0 spiro atoms. The van der Waals surface area contributed by atoms with Crippen LogP contribution in [0.15, 0.2) is 35.5 Å². The van der Waals surface area contributed by atoms with Crippen molar-refractivity contribution >= 4 is 5.97 Å². The van der Waals surface area contributed by atoms with Crippen molar-refractivity contribution < 1.29 is 14.6 Å². The minimum atomic E-state index is -1.11. The SMILES string of the molecule is CC1=CCC[C@@H]2[C@@](C)(/C=C/C3=CC(=O)OC3O)[C@H](C)CC[C@@]12C. The van der Waals surface area contributed by atoms with Gasteiger partial charge in [-0.1, -0.05) is 44.6 Å². The van der Waals surface area contributed by atoms with Crippen LogP contribution in [-0.2, 0) is 9.53 Å². The molecule has 1 unspecified atom stereocenters. The lowest BCUT2D eigenvalue weighted by molar-refractivity contribution is -0.150. The van der Waals surface area contributed by atoms with Crippen LogP contribution in [-0.4, -0.2) is 17.4 Å². The van der Waals surface area contributed by atoms with E-state index in [0.29, 0.717) is 17.4 Å². The number of carbonyl (C=O) groups is 1. The number of hydrogen-bond donors (Lipinski definition) is 1. The number of aliphatic hydroxyl groups is 1. The fourth-order valence-corrected chi connectivity index (χ4v) is 4.94. The van der Waals surface area contributed by atoms with Gasteiger partial charge in [0.1, 0.15) is 0 Å². The fourth-order valence-electron chi connectivity index (χ4n) is 4.94. The first-order valence-corrected chi connectivity index (χ1v) is 8.74. The Morgan fingerprint density at radius 3 is 2.74 bits per heavy atom. The highest BCUT2D eigenvalue weighted by Crippen LogP contribution is 2.60. The molecule has 1 saturated carbocycles. The van der Waals surface area contributed by atoms with Crippen molar-refractivity contribution in [3.05, 3.63) is 35.5 Å².